The minimum Gasteiger partial charge on any atom is -0.463 e. The fourth-order valence-corrected chi connectivity index (χ4v) is 6.94. The van der Waals surface area contributed by atoms with Crippen LogP contribution in [0.2, 0.25) is 0 Å². The Morgan fingerprint density at radius 2 is 0.528 bits per heavy atom. The third-order valence-electron chi connectivity index (χ3n) is 11.0. The maximum absolute atomic E-state index is 13.6. The standard InChI is InChI=1S/C39H54N12O21/c1-40-28(58)41(2)32(62)46(31(40)61)13-7-10-25(55)70-19-22(52)16-49-37(67)50(17-23(53)20-71-26(56)11-8-14-47-33(63)42(3)29(59)43(4)34(47)64)39(69)51(38(49)68)18-24(54)21-72-27(57)12-9-15-48-35(65)44(5)30(60)45(6)36(48)66/h22-24,52-54H,7-21H2,1-6H3. The van der Waals surface area contributed by atoms with Crippen LogP contribution in [0.3, 0.4) is 0 Å². The zero-order valence-corrected chi connectivity index (χ0v) is 39.9. The fraction of sp³-hybridized carbons (Fsp3) is 0.615. The van der Waals surface area contributed by atoms with Crippen LogP contribution in [-0.2, 0) is 110 Å². The molecule has 3 N–H and O–H groups in total. The predicted octanol–water partition coefficient (Wildman–Crippen LogP) is -10.00. The summed E-state index contributed by atoms with van der Waals surface area (Å²) in [4.78, 5) is 189. The molecule has 0 aromatic carbocycles. The van der Waals surface area contributed by atoms with E-state index in [9.17, 15) is 87.2 Å². The van der Waals surface area contributed by atoms with E-state index in [2.05, 4.69) is 0 Å². The van der Waals surface area contributed by atoms with Gasteiger partial charge in [0.25, 0.3) is 0 Å². The zero-order chi connectivity index (χ0) is 54.0. The predicted molar refractivity (Wildman–Crippen MR) is 241 cm³/mol. The van der Waals surface area contributed by atoms with Crippen molar-refractivity contribution in [2.45, 2.75) is 96.1 Å². The third kappa shape index (κ3) is 13.0. The second kappa shape index (κ2) is 24.2. The summed E-state index contributed by atoms with van der Waals surface area (Å²) in [7, 11) is 6.88. The molecule has 72 heavy (non-hydrogen) atoms. The molecule has 0 radical (unpaired) electrons. The van der Waals surface area contributed by atoms with Gasteiger partial charge in [0.15, 0.2) is 0 Å². The zero-order valence-electron chi connectivity index (χ0n) is 39.9. The van der Waals surface area contributed by atoms with E-state index >= 15 is 0 Å². The summed E-state index contributed by atoms with van der Waals surface area (Å²) >= 11 is 0. The molecule has 0 spiro atoms. The van der Waals surface area contributed by atoms with Crippen LogP contribution >= 0.6 is 0 Å². The second-order valence-corrected chi connectivity index (χ2v) is 16.4. The van der Waals surface area contributed by atoms with Gasteiger partial charge < -0.3 is 29.5 Å². The normalized spacial score (nSPS) is 12.6. The van der Waals surface area contributed by atoms with E-state index in [0.29, 0.717) is 41.1 Å². The van der Waals surface area contributed by atoms with Crippen molar-refractivity contribution in [2.75, 3.05) is 19.8 Å². The van der Waals surface area contributed by atoms with Crippen LogP contribution in [0, 0.1) is 0 Å². The number of aromatic nitrogens is 12. The number of carbonyl (C=O) groups is 3. The second-order valence-electron chi connectivity index (χ2n) is 16.4. The molecule has 33 heteroatoms. The molecule has 3 unspecified atom stereocenters. The van der Waals surface area contributed by atoms with Crippen LogP contribution in [0.25, 0.3) is 0 Å². The van der Waals surface area contributed by atoms with E-state index < -0.39 is 163 Å². The van der Waals surface area contributed by atoms with Gasteiger partial charge in [0.05, 0.1) is 19.6 Å². The molecule has 3 atom stereocenters. The van der Waals surface area contributed by atoms with E-state index in [-0.39, 0.29) is 52.6 Å². The summed E-state index contributed by atoms with van der Waals surface area (Å²) in [5.41, 5.74) is -12.6. The Bertz CT molecular complexity index is 2970. The number of rotatable bonds is 24. The maximum atomic E-state index is 13.6. The first-order chi connectivity index (χ1) is 33.7. The largest absolute Gasteiger partial charge is 0.463 e. The van der Waals surface area contributed by atoms with Crippen LogP contribution < -0.4 is 68.3 Å². The van der Waals surface area contributed by atoms with Crippen LogP contribution in [0.1, 0.15) is 38.5 Å². The highest BCUT2D eigenvalue weighted by Crippen LogP contribution is 2.01. The average Bonchev–Trinajstić information content (AvgIpc) is 3.35. The van der Waals surface area contributed by atoms with E-state index in [4.69, 9.17) is 14.2 Å². The van der Waals surface area contributed by atoms with E-state index in [0.717, 1.165) is 42.3 Å². The van der Waals surface area contributed by atoms with Crippen molar-refractivity contribution in [2.24, 2.45) is 42.3 Å². The molecule has 0 aliphatic rings. The number of aliphatic hydroxyl groups excluding tert-OH is 3. The number of esters is 3. The first kappa shape index (κ1) is 56.5. The lowest BCUT2D eigenvalue weighted by molar-refractivity contribution is -0.147. The first-order valence-electron chi connectivity index (χ1n) is 21.8. The lowest BCUT2D eigenvalue weighted by Gasteiger charge is -2.19. The summed E-state index contributed by atoms with van der Waals surface area (Å²) in [6.45, 7) is -6.45. The molecule has 4 rings (SSSR count). The summed E-state index contributed by atoms with van der Waals surface area (Å²) < 4.78 is 22.2. The molecule has 4 aromatic heterocycles. The van der Waals surface area contributed by atoms with Crippen molar-refractivity contribution in [1.29, 1.82) is 0 Å². The van der Waals surface area contributed by atoms with Crippen LogP contribution in [0.15, 0.2) is 57.5 Å². The highest BCUT2D eigenvalue weighted by atomic mass is 16.6. The Balaban J connectivity index is 1.46. The van der Waals surface area contributed by atoms with E-state index in [1.165, 1.54) is 0 Å². The summed E-state index contributed by atoms with van der Waals surface area (Å²) in [5, 5.41) is 32.3. The molecule has 396 valence electrons. The molecule has 33 nitrogen and oxygen atoms in total. The SMILES string of the molecule is Cn1c(=O)n(C)c(=O)n(CCCC(=O)OCC(O)Cn2c(=O)n(CC(O)COC(=O)CCCn3c(=O)n(C)c(=O)n(C)c3=O)c(=O)n(CC(O)COC(=O)CCCn3c(=O)n(C)c(=O)n(C)c3=O)c2=O)c1=O. The van der Waals surface area contributed by atoms with Gasteiger partial charge in [-0.3, -0.25) is 14.4 Å². The molecular formula is C39H54N12O21. The highest BCUT2D eigenvalue weighted by molar-refractivity contribution is 5.70. The summed E-state index contributed by atoms with van der Waals surface area (Å²) in [5.74, 6) is -2.91. The third-order valence-corrected chi connectivity index (χ3v) is 11.0. The Morgan fingerprint density at radius 1 is 0.333 bits per heavy atom. The van der Waals surface area contributed by atoms with Gasteiger partial charge in [-0.1, -0.05) is 0 Å². The Morgan fingerprint density at radius 3 is 0.722 bits per heavy atom. The number of hydrogen-bond acceptors (Lipinski definition) is 21. The minimum absolute atomic E-state index is 0.147. The van der Waals surface area contributed by atoms with Crippen LogP contribution in [0.5, 0.6) is 0 Å². The Hall–Kier alpha value is -8.07. The van der Waals surface area contributed by atoms with Gasteiger partial charge in [-0.25, -0.2) is 112 Å². The van der Waals surface area contributed by atoms with Gasteiger partial charge in [-0.15, -0.1) is 0 Å². The van der Waals surface area contributed by atoms with E-state index in [1.807, 2.05) is 0 Å². The van der Waals surface area contributed by atoms with Crippen molar-refractivity contribution in [3.63, 3.8) is 0 Å². The van der Waals surface area contributed by atoms with Gasteiger partial charge >= 0.3 is 86.2 Å². The fourth-order valence-electron chi connectivity index (χ4n) is 6.94. The van der Waals surface area contributed by atoms with Crippen molar-refractivity contribution >= 4 is 17.9 Å². The van der Waals surface area contributed by atoms with Gasteiger partial charge in [0, 0.05) is 81.2 Å². The molecule has 0 amide bonds. The molecule has 0 saturated carbocycles. The lowest BCUT2D eigenvalue weighted by Crippen LogP contribution is -2.57. The topological polar surface area (TPSA) is 404 Å². The van der Waals surface area contributed by atoms with Crippen LogP contribution in [-0.4, -0.2) is 126 Å². The number of hydrogen-bond donors (Lipinski definition) is 3. The maximum Gasteiger partial charge on any atom is 0.336 e. The smallest absolute Gasteiger partial charge is 0.336 e. The lowest BCUT2D eigenvalue weighted by atomic mass is 10.3. The average molecular weight is 1030 g/mol. The number of nitrogens with zero attached hydrogens (tertiary/aromatic N) is 12. The Labute approximate surface area is 400 Å². The molecule has 4 aromatic rings. The number of ether oxygens (including phenoxy) is 3. The van der Waals surface area contributed by atoms with Gasteiger partial charge in [0.2, 0.25) is 0 Å². The molecule has 4 heterocycles. The molecular weight excluding hydrogens is 972 g/mol. The number of carbonyl (C=O) groups excluding carboxylic acids is 3. The minimum atomic E-state index is -1.84. The number of aliphatic hydroxyl groups is 3. The van der Waals surface area contributed by atoms with E-state index in [1.54, 1.807) is 0 Å². The Kier molecular flexibility index (Phi) is 19.0. The molecule has 0 bridgehead atoms. The molecule has 0 aliphatic heterocycles. The van der Waals surface area contributed by atoms with Gasteiger partial charge in [-0.2, -0.15) is 0 Å². The van der Waals surface area contributed by atoms with Gasteiger partial charge in [0.1, 0.15) is 38.1 Å². The molecule has 0 fully saturated rings. The summed E-state index contributed by atoms with van der Waals surface area (Å²) in [6, 6.07) is 0. The van der Waals surface area contributed by atoms with Gasteiger partial charge in [-0.05, 0) is 19.3 Å². The quantitative estimate of drug-likeness (QED) is 0.0433. The van der Waals surface area contributed by atoms with Crippen molar-refractivity contribution in [3.05, 3.63) is 126 Å². The van der Waals surface area contributed by atoms with Crippen molar-refractivity contribution < 1.29 is 43.9 Å². The monoisotopic (exact) mass is 1030 g/mol. The summed E-state index contributed by atoms with van der Waals surface area (Å²) in [6.07, 6.45) is -7.23. The molecule has 0 aliphatic carbocycles. The molecule has 0 saturated heterocycles. The highest BCUT2D eigenvalue weighted by Gasteiger charge is 2.24. The van der Waals surface area contributed by atoms with Crippen molar-refractivity contribution in [3.8, 4) is 0 Å². The first-order valence-corrected chi connectivity index (χ1v) is 21.8. The van der Waals surface area contributed by atoms with Crippen molar-refractivity contribution in [1.82, 2.24) is 54.8 Å². The van der Waals surface area contributed by atoms with Crippen LogP contribution in [0.4, 0.5) is 0 Å².